The molecule has 2 saturated heterocycles. The number of hydrogen-bond acceptors (Lipinski definition) is 2. The fourth-order valence-electron chi connectivity index (χ4n) is 3.93. The predicted molar refractivity (Wildman–Crippen MR) is 75.3 cm³/mol. The summed E-state index contributed by atoms with van der Waals surface area (Å²) in [7, 11) is 2.18. The summed E-state index contributed by atoms with van der Waals surface area (Å²) in [4.78, 5) is 2.45. The largest absolute Gasteiger partial charge is 0.327 e. The van der Waals surface area contributed by atoms with Gasteiger partial charge in [-0.1, -0.05) is 6.07 Å². The Balaban J connectivity index is 1.70. The maximum Gasteiger partial charge on any atom is 0.129 e. The van der Waals surface area contributed by atoms with E-state index in [1.54, 1.807) is 0 Å². The maximum absolute atomic E-state index is 13.7. The van der Waals surface area contributed by atoms with Gasteiger partial charge in [0, 0.05) is 23.7 Å². The molecule has 3 unspecified atom stereocenters. The minimum atomic E-state index is -0.476. The summed E-state index contributed by atoms with van der Waals surface area (Å²) >= 11 is 0. The van der Waals surface area contributed by atoms with E-state index >= 15 is 0 Å². The molecule has 2 nitrogen and oxygen atoms in total. The standard InChI is InChI=1S/C16H22F2N2/c1-20-11-5-6-12(20)8-10(7-11)16(19)9-13-14(17)3-2-4-15(13)18/h2-4,10-12,16H,5-9,19H2,1H3. The molecule has 0 spiro atoms. The average molecular weight is 280 g/mol. The quantitative estimate of drug-likeness (QED) is 0.922. The summed E-state index contributed by atoms with van der Waals surface area (Å²) in [5.74, 6) is -0.574. The molecule has 2 bridgehead atoms. The maximum atomic E-state index is 13.7. The van der Waals surface area contributed by atoms with E-state index < -0.39 is 11.6 Å². The van der Waals surface area contributed by atoms with Gasteiger partial charge < -0.3 is 10.6 Å². The number of nitrogens with two attached hydrogens (primary N) is 1. The minimum absolute atomic E-state index is 0.145. The van der Waals surface area contributed by atoms with E-state index in [4.69, 9.17) is 5.73 Å². The summed E-state index contributed by atoms with van der Waals surface area (Å²) in [6.45, 7) is 0. The second-order valence-corrected chi connectivity index (χ2v) is 6.35. The van der Waals surface area contributed by atoms with Crippen molar-refractivity contribution in [2.24, 2.45) is 11.7 Å². The monoisotopic (exact) mass is 280 g/mol. The molecule has 0 aromatic heterocycles. The molecule has 110 valence electrons. The molecule has 1 aromatic carbocycles. The lowest BCUT2D eigenvalue weighted by atomic mass is 9.83. The molecule has 2 N–H and O–H groups in total. The Morgan fingerprint density at radius 3 is 2.30 bits per heavy atom. The Morgan fingerprint density at radius 2 is 1.75 bits per heavy atom. The van der Waals surface area contributed by atoms with Gasteiger partial charge in [0.1, 0.15) is 11.6 Å². The molecule has 2 heterocycles. The van der Waals surface area contributed by atoms with Gasteiger partial charge in [-0.3, -0.25) is 0 Å². The number of rotatable bonds is 3. The third-order valence-electron chi connectivity index (χ3n) is 5.24. The van der Waals surface area contributed by atoms with Crippen molar-refractivity contribution in [3.05, 3.63) is 35.4 Å². The number of benzene rings is 1. The van der Waals surface area contributed by atoms with Gasteiger partial charge in [-0.05, 0) is 57.2 Å². The van der Waals surface area contributed by atoms with Gasteiger partial charge in [-0.25, -0.2) is 8.78 Å². The molecule has 3 rings (SSSR count). The van der Waals surface area contributed by atoms with Crippen LogP contribution in [0.25, 0.3) is 0 Å². The molecule has 2 aliphatic rings. The van der Waals surface area contributed by atoms with Gasteiger partial charge in [0.2, 0.25) is 0 Å². The Labute approximate surface area is 118 Å². The van der Waals surface area contributed by atoms with Crippen LogP contribution < -0.4 is 5.73 Å². The molecule has 4 heteroatoms. The zero-order valence-corrected chi connectivity index (χ0v) is 11.9. The van der Waals surface area contributed by atoms with Crippen molar-refractivity contribution >= 4 is 0 Å². The molecule has 3 atom stereocenters. The van der Waals surface area contributed by atoms with E-state index in [1.807, 2.05) is 0 Å². The van der Waals surface area contributed by atoms with Crippen LogP contribution in [-0.4, -0.2) is 30.1 Å². The van der Waals surface area contributed by atoms with Crippen molar-refractivity contribution in [2.45, 2.75) is 50.2 Å². The van der Waals surface area contributed by atoms with Gasteiger partial charge in [-0.2, -0.15) is 0 Å². The number of nitrogens with zero attached hydrogens (tertiary/aromatic N) is 1. The van der Waals surface area contributed by atoms with Crippen LogP contribution in [0.4, 0.5) is 8.78 Å². The molecule has 0 saturated carbocycles. The minimum Gasteiger partial charge on any atom is -0.327 e. The highest BCUT2D eigenvalue weighted by atomic mass is 19.1. The number of hydrogen-bond donors (Lipinski definition) is 1. The Morgan fingerprint density at radius 1 is 1.20 bits per heavy atom. The first-order valence-corrected chi connectivity index (χ1v) is 7.46. The molecule has 2 aliphatic heterocycles. The second kappa shape index (κ2) is 5.41. The van der Waals surface area contributed by atoms with Crippen LogP contribution in [0.2, 0.25) is 0 Å². The Bertz CT molecular complexity index is 457. The van der Waals surface area contributed by atoms with E-state index in [0.29, 0.717) is 24.4 Å². The zero-order valence-electron chi connectivity index (χ0n) is 11.9. The van der Waals surface area contributed by atoms with E-state index in [1.165, 1.54) is 31.0 Å². The lowest BCUT2D eigenvalue weighted by Gasteiger charge is -2.38. The summed E-state index contributed by atoms with van der Waals surface area (Å²) in [6, 6.07) is 5.08. The van der Waals surface area contributed by atoms with E-state index in [2.05, 4.69) is 11.9 Å². The Kier molecular flexibility index (Phi) is 3.78. The van der Waals surface area contributed by atoms with Gasteiger partial charge >= 0.3 is 0 Å². The first kappa shape index (κ1) is 14.0. The van der Waals surface area contributed by atoms with Crippen molar-refractivity contribution in [2.75, 3.05) is 7.05 Å². The summed E-state index contributed by atoms with van der Waals surface area (Å²) in [6.07, 6.45) is 4.89. The van der Waals surface area contributed by atoms with Crippen molar-refractivity contribution in [1.82, 2.24) is 4.90 Å². The molecule has 1 aromatic rings. The molecular weight excluding hydrogens is 258 g/mol. The first-order valence-electron chi connectivity index (χ1n) is 7.46. The van der Waals surface area contributed by atoms with Crippen molar-refractivity contribution < 1.29 is 8.78 Å². The number of piperidine rings is 1. The van der Waals surface area contributed by atoms with Gasteiger partial charge in [0.15, 0.2) is 0 Å². The summed E-state index contributed by atoms with van der Waals surface area (Å²) < 4.78 is 27.4. The molecule has 0 amide bonds. The van der Waals surface area contributed by atoms with Crippen LogP contribution in [0, 0.1) is 17.6 Å². The highest BCUT2D eigenvalue weighted by Crippen LogP contribution is 2.38. The first-order chi connectivity index (χ1) is 9.56. The van der Waals surface area contributed by atoms with Crippen LogP contribution >= 0.6 is 0 Å². The molecule has 2 fully saturated rings. The van der Waals surface area contributed by atoms with E-state index in [-0.39, 0.29) is 11.6 Å². The SMILES string of the molecule is CN1C2CCC1CC(C(N)Cc1c(F)cccc1F)C2. The fourth-order valence-corrected chi connectivity index (χ4v) is 3.93. The molecular formula is C16H22F2N2. The molecule has 20 heavy (non-hydrogen) atoms. The fraction of sp³-hybridized carbons (Fsp3) is 0.625. The van der Waals surface area contributed by atoms with Crippen LogP contribution in [0.5, 0.6) is 0 Å². The third-order valence-corrected chi connectivity index (χ3v) is 5.24. The van der Waals surface area contributed by atoms with Gasteiger partial charge in [-0.15, -0.1) is 0 Å². The predicted octanol–water partition coefficient (Wildman–Crippen LogP) is 2.71. The van der Waals surface area contributed by atoms with Crippen LogP contribution in [-0.2, 0) is 6.42 Å². The lowest BCUT2D eigenvalue weighted by molar-refractivity contribution is 0.120. The Hall–Kier alpha value is -1.00. The van der Waals surface area contributed by atoms with E-state index in [9.17, 15) is 8.78 Å². The van der Waals surface area contributed by atoms with Gasteiger partial charge in [0.25, 0.3) is 0 Å². The van der Waals surface area contributed by atoms with Crippen LogP contribution in [0.15, 0.2) is 18.2 Å². The smallest absolute Gasteiger partial charge is 0.129 e. The summed E-state index contributed by atoms with van der Waals surface area (Å²) in [5, 5.41) is 0. The zero-order chi connectivity index (χ0) is 14.3. The second-order valence-electron chi connectivity index (χ2n) is 6.35. The van der Waals surface area contributed by atoms with Crippen molar-refractivity contribution in [1.29, 1.82) is 0 Å². The van der Waals surface area contributed by atoms with Crippen LogP contribution in [0.1, 0.15) is 31.2 Å². The molecule has 0 radical (unpaired) electrons. The number of halogens is 2. The number of fused-ring (bicyclic) bond motifs is 2. The van der Waals surface area contributed by atoms with E-state index in [0.717, 1.165) is 12.8 Å². The normalized spacial score (nSPS) is 31.5. The third kappa shape index (κ3) is 2.47. The summed E-state index contributed by atoms with van der Waals surface area (Å²) in [5.41, 5.74) is 6.41. The van der Waals surface area contributed by atoms with Crippen molar-refractivity contribution in [3.63, 3.8) is 0 Å². The molecule has 0 aliphatic carbocycles. The van der Waals surface area contributed by atoms with Gasteiger partial charge in [0.05, 0.1) is 0 Å². The van der Waals surface area contributed by atoms with Crippen LogP contribution in [0.3, 0.4) is 0 Å². The van der Waals surface area contributed by atoms with Crippen molar-refractivity contribution in [3.8, 4) is 0 Å². The highest BCUT2D eigenvalue weighted by Gasteiger charge is 2.40. The lowest BCUT2D eigenvalue weighted by Crippen LogP contribution is -2.46. The highest BCUT2D eigenvalue weighted by molar-refractivity contribution is 5.21. The average Bonchev–Trinajstić information content (AvgIpc) is 2.65. The topological polar surface area (TPSA) is 29.3 Å².